The second kappa shape index (κ2) is 6.47. The molecule has 6 nitrogen and oxygen atoms in total. The third-order valence-corrected chi connectivity index (χ3v) is 3.65. The molecule has 1 aromatic rings. The molecule has 1 aliphatic heterocycles. The average molecular weight is 293 g/mol. The highest BCUT2D eigenvalue weighted by molar-refractivity contribution is 5.86. The quantitative estimate of drug-likeness (QED) is 0.852. The van der Waals surface area contributed by atoms with Crippen molar-refractivity contribution in [2.45, 2.75) is 12.8 Å². The van der Waals surface area contributed by atoms with Crippen LogP contribution in [0.15, 0.2) is 18.2 Å². The van der Waals surface area contributed by atoms with E-state index in [9.17, 15) is 9.59 Å². The van der Waals surface area contributed by atoms with Gasteiger partial charge in [-0.25, -0.2) is 0 Å². The van der Waals surface area contributed by atoms with Gasteiger partial charge in [-0.05, 0) is 24.1 Å². The lowest BCUT2D eigenvalue weighted by molar-refractivity contribution is -0.141. The van der Waals surface area contributed by atoms with Gasteiger partial charge in [-0.1, -0.05) is 0 Å². The lowest BCUT2D eigenvalue weighted by atomic mass is 10.1. The van der Waals surface area contributed by atoms with E-state index in [4.69, 9.17) is 14.6 Å². The predicted octanol–water partition coefficient (Wildman–Crippen LogP) is 1.18. The normalized spacial score (nSPS) is 17.9. The van der Waals surface area contributed by atoms with Crippen molar-refractivity contribution in [2.75, 3.05) is 27.3 Å². The van der Waals surface area contributed by atoms with Gasteiger partial charge < -0.3 is 19.5 Å². The Morgan fingerprint density at radius 2 is 1.90 bits per heavy atom. The minimum atomic E-state index is -0.908. The maximum absolute atomic E-state index is 11.8. The van der Waals surface area contributed by atoms with Crippen LogP contribution in [-0.2, 0) is 16.0 Å². The van der Waals surface area contributed by atoms with Gasteiger partial charge in [0, 0.05) is 25.6 Å². The van der Waals surface area contributed by atoms with Crippen LogP contribution in [0.4, 0.5) is 0 Å². The fourth-order valence-corrected chi connectivity index (χ4v) is 2.43. The summed E-state index contributed by atoms with van der Waals surface area (Å²) in [6, 6.07) is 5.56. The van der Waals surface area contributed by atoms with Gasteiger partial charge in [0.05, 0.1) is 20.1 Å². The number of aliphatic carboxylic acids is 1. The van der Waals surface area contributed by atoms with Gasteiger partial charge in [0.25, 0.3) is 0 Å². The van der Waals surface area contributed by atoms with E-state index < -0.39 is 11.9 Å². The Kier molecular flexibility index (Phi) is 4.67. The Bertz CT molecular complexity index is 521. The number of carbonyl (C=O) groups excluding carboxylic acids is 1. The first-order chi connectivity index (χ1) is 10.0. The zero-order valence-electron chi connectivity index (χ0n) is 12.2. The molecule has 114 valence electrons. The van der Waals surface area contributed by atoms with Gasteiger partial charge in [0.15, 0.2) is 0 Å². The Balaban J connectivity index is 2.00. The van der Waals surface area contributed by atoms with Gasteiger partial charge in [0.1, 0.15) is 11.5 Å². The molecule has 1 N–H and O–H groups in total. The molecule has 0 radical (unpaired) electrons. The number of hydrogen-bond acceptors (Lipinski definition) is 4. The van der Waals surface area contributed by atoms with E-state index in [1.807, 2.05) is 12.1 Å². The number of carbonyl (C=O) groups is 2. The average Bonchev–Trinajstić information content (AvgIpc) is 2.86. The maximum Gasteiger partial charge on any atom is 0.308 e. The zero-order chi connectivity index (χ0) is 15.4. The summed E-state index contributed by atoms with van der Waals surface area (Å²) in [4.78, 5) is 24.3. The third kappa shape index (κ3) is 3.65. The topological polar surface area (TPSA) is 76.1 Å². The van der Waals surface area contributed by atoms with E-state index in [0.717, 1.165) is 5.56 Å². The number of benzene rings is 1. The number of carboxylic acids is 1. The van der Waals surface area contributed by atoms with Crippen LogP contribution >= 0.6 is 0 Å². The Hall–Kier alpha value is -2.24. The van der Waals surface area contributed by atoms with Gasteiger partial charge in [-0.3, -0.25) is 9.59 Å². The summed E-state index contributed by atoms with van der Waals surface area (Å²) in [6.45, 7) is 0.786. The highest BCUT2D eigenvalue weighted by Gasteiger charge is 2.33. The van der Waals surface area contributed by atoms with Crippen molar-refractivity contribution in [3.8, 4) is 11.5 Å². The summed E-state index contributed by atoms with van der Waals surface area (Å²) in [5, 5.41) is 8.96. The third-order valence-electron chi connectivity index (χ3n) is 3.65. The van der Waals surface area contributed by atoms with Crippen molar-refractivity contribution in [1.82, 2.24) is 4.90 Å². The van der Waals surface area contributed by atoms with Crippen molar-refractivity contribution < 1.29 is 24.2 Å². The van der Waals surface area contributed by atoms with Crippen LogP contribution in [0.25, 0.3) is 0 Å². The molecule has 21 heavy (non-hydrogen) atoms. The van der Waals surface area contributed by atoms with Crippen LogP contribution in [0.3, 0.4) is 0 Å². The van der Waals surface area contributed by atoms with Crippen LogP contribution in [0, 0.1) is 5.92 Å². The SMILES string of the molecule is COc1cc(CCN2CC(C(=O)O)CC2=O)cc(OC)c1. The summed E-state index contributed by atoms with van der Waals surface area (Å²) in [7, 11) is 3.17. The minimum absolute atomic E-state index is 0.0940. The molecule has 0 saturated carbocycles. The van der Waals surface area contributed by atoms with Crippen molar-refractivity contribution in [1.29, 1.82) is 0 Å². The fraction of sp³-hybridized carbons (Fsp3) is 0.467. The first kappa shape index (κ1) is 15.2. The molecular formula is C15H19NO5. The number of carboxylic acid groups (broad SMARTS) is 1. The molecule has 2 rings (SSSR count). The number of ether oxygens (including phenoxy) is 2. The van der Waals surface area contributed by atoms with E-state index in [2.05, 4.69) is 0 Å². The summed E-state index contributed by atoms with van der Waals surface area (Å²) < 4.78 is 10.4. The number of hydrogen-bond donors (Lipinski definition) is 1. The number of methoxy groups -OCH3 is 2. The van der Waals surface area contributed by atoms with Gasteiger partial charge in [0.2, 0.25) is 5.91 Å². The molecule has 0 spiro atoms. The second-order valence-electron chi connectivity index (χ2n) is 5.05. The summed E-state index contributed by atoms with van der Waals surface area (Å²) in [5.41, 5.74) is 0.984. The van der Waals surface area contributed by atoms with E-state index in [1.165, 1.54) is 0 Å². The molecule has 1 atom stereocenters. The van der Waals surface area contributed by atoms with Gasteiger partial charge in [-0.2, -0.15) is 0 Å². The van der Waals surface area contributed by atoms with Gasteiger partial charge >= 0.3 is 5.97 Å². The molecule has 1 amide bonds. The highest BCUT2D eigenvalue weighted by Crippen LogP contribution is 2.24. The Labute approximate surface area is 123 Å². The smallest absolute Gasteiger partial charge is 0.308 e. The molecule has 1 aromatic carbocycles. The van der Waals surface area contributed by atoms with E-state index in [1.54, 1.807) is 25.2 Å². The largest absolute Gasteiger partial charge is 0.497 e. The van der Waals surface area contributed by atoms with Crippen molar-refractivity contribution in [2.24, 2.45) is 5.92 Å². The first-order valence-corrected chi connectivity index (χ1v) is 6.76. The molecule has 1 aliphatic rings. The Morgan fingerprint density at radius 3 is 2.38 bits per heavy atom. The molecular weight excluding hydrogens is 274 g/mol. The molecule has 0 aliphatic carbocycles. The summed E-state index contributed by atoms with van der Waals surface area (Å²) in [6.07, 6.45) is 0.725. The zero-order valence-corrected chi connectivity index (χ0v) is 12.2. The van der Waals surface area contributed by atoms with Gasteiger partial charge in [-0.15, -0.1) is 0 Å². The summed E-state index contributed by atoms with van der Waals surface area (Å²) >= 11 is 0. The van der Waals surface area contributed by atoms with Crippen molar-refractivity contribution >= 4 is 11.9 Å². The second-order valence-corrected chi connectivity index (χ2v) is 5.05. The number of amides is 1. The molecule has 1 unspecified atom stereocenters. The molecule has 1 heterocycles. The van der Waals surface area contributed by atoms with Crippen LogP contribution in [0.1, 0.15) is 12.0 Å². The molecule has 6 heteroatoms. The minimum Gasteiger partial charge on any atom is -0.497 e. The molecule has 1 saturated heterocycles. The van der Waals surface area contributed by atoms with E-state index >= 15 is 0 Å². The monoisotopic (exact) mass is 293 g/mol. The standard InChI is InChI=1S/C15H19NO5/c1-20-12-5-10(6-13(8-12)21-2)3-4-16-9-11(15(18)19)7-14(16)17/h5-6,8,11H,3-4,7,9H2,1-2H3,(H,18,19). The van der Waals surface area contributed by atoms with Crippen LogP contribution in [0.5, 0.6) is 11.5 Å². The van der Waals surface area contributed by atoms with Crippen molar-refractivity contribution in [3.63, 3.8) is 0 Å². The predicted molar refractivity (Wildman–Crippen MR) is 75.6 cm³/mol. The molecule has 0 bridgehead atoms. The molecule has 1 fully saturated rings. The van der Waals surface area contributed by atoms with Crippen LogP contribution < -0.4 is 9.47 Å². The highest BCUT2D eigenvalue weighted by atomic mass is 16.5. The van der Waals surface area contributed by atoms with E-state index in [0.29, 0.717) is 24.5 Å². The fourth-order valence-electron chi connectivity index (χ4n) is 2.43. The van der Waals surface area contributed by atoms with E-state index in [-0.39, 0.29) is 18.9 Å². The first-order valence-electron chi connectivity index (χ1n) is 6.76. The number of rotatable bonds is 6. The Morgan fingerprint density at radius 1 is 1.29 bits per heavy atom. The lowest BCUT2D eigenvalue weighted by Gasteiger charge is -2.16. The lowest BCUT2D eigenvalue weighted by Crippen LogP contribution is -2.28. The van der Waals surface area contributed by atoms with Crippen LogP contribution in [0.2, 0.25) is 0 Å². The van der Waals surface area contributed by atoms with Crippen molar-refractivity contribution in [3.05, 3.63) is 23.8 Å². The number of likely N-dealkylation sites (tertiary alicyclic amines) is 1. The molecule has 0 aromatic heterocycles. The van der Waals surface area contributed by atoms with Crippen LogP contribution in [-0.4, -0.2) is 49.2 Å². The number of nitrogens with zero attached hydrogens (tertiary/aromatic N) is 1. The summed E-state index contributed by atoms with van der Waals surface area (Å²) in [5.74, 6) is -0.204. The maximum atomic E-state index is 11.8.